The van der Waals surface area contributed by atoms with E-state index in [-0.39, 0.29) is 0 Å². The third-order valence-corrected chi connectivity index (χ3v) is 2.78. The highest BCUT2D eigenvalue weighted by atomic mass is 16.5. The van der Waals surface area contributed by atoms with E-state index in [9.17, 15) is 0 Å². The molecule has 0 fully saturated rings. The quantitative estimate of drug-likeness (QED) is 0.871. The van der Waals surface area contributed by atoms with E-state index >= 15 is 0 Å². The number of aromatic nitrogens is 2. The highest BCUT2D eigenvalue weighted by molar-refractivity contribution is 5.52. The topological polar surface area (TPSA) is 47.0 Å². The minimum absolute atomic E-state index is 0.688. The van der Waals surface area contributed by atoms with E-state index in [0.29, 0.717) is 6.54 Å². The molecule has 1 N–H and O–H groups in total. The first kappa shape index (κ1) is 10.1. The number of nitrogens with zero attached hydrogens (tertiary/aromatic N) is 2. The highest BCUT2D eigenvalue weighted by Gasteiger charge is 2.11. The summed E-state index contributed by atoms with van der Waals surface area (Å²) in [6.45, 7) is 1.48. The van der Waals surface area contributed by atoms with Crippen molar-refractivity contribution in [3.63, 3.8) is 0 Å². The summed E-state index contributed by atoms with van der Waals surface area (Å²) < 4.78 is 5.47. The SMILES string of the molecule is c1cnc(CNc2ccc3c(c2)CCO3)cn1. The van der Waals surface area contributed by atoms with Gasteiger partial charge in [0.05, 0.1) is 25.0 Å². The molecular formula is C13H13N3O. The van der Waals surface area contributed by atoms with Gasteiger partial charge in [0, 0.05) is 24.5 Å². The van der Waals surface area contributed by atoms with Gasteiger partial charge in [0.25, 0.3) is 0 Å². The Morgan fingerprint density at radius 1 is 1.29 bits per heavy atom. The van der Waals surface area contributed by atoms with Gasteiger partial charge in [0.1, 0.15) is 5.75 Å². The number of anilines is 1. The second-order valence-electron chi connectivity index (χ2n) is 3.97. The van der Waals surface area contributed by atoms with Crippen LogP contribution in [0.1, 0.15) is 11.3 Å². The summed E-state index contributed by atoms with van der Waals surface area (Å²) in [5.41, 5.74) is 3.30. The molecule has 0 amide bonds. The van der Waals surface area contributed by atoms with Crippen molar-refractivity contribution in [2.75, 3.05) is 11.9 Å². The summed E-state index contributed by atoms with van der Waals surface area (Å²) in [7, 11) is 0. The fraction of sp³-hybridized carbons (Fsp3) is 0.231. The minimum Gasteiger partial charge on any atom is -0.493 e. The van der Waals surface area contributed by atoms with E-state index in [1.54, 1.807) is 18.6 Å². The Balaban J connectivity index is 1.70. The molecule has 2 heterocycles. The summed E-state index contributed by atoms with van der Waals surface area (Å²) in [5.74, 6) is 1.01. The predicted octanol–water partition coefficient (Wildman–Crippen LogP) is 2.02. The standard InChI is InChI=1S/C13H13N3O/c1-2-13-10(3-6-17-13)7-11(1)16-9-12-8-14-4-5-15-12/h1-2,4-5,7-8,16H,3,6,9H2. The molecule has 2 aromatic rings. The van der Waals surface area contributed by atoms with Crippen LogP contribution in [0.25, 0.3) is 0 Å². The summed E-state index contributed by atoms with van der Waals surface area (Å²) in [4.78, 5) is 8.25. The smallest absolute Gasteiger partial charge is 0.122 e. The molecule has 4 heteroatoms. The third-order valence-electron chi connectivity index (χ3n) is 2.78. The fourth-order valence-corrected chi connectivity index (χ4v) is 1.91. The third kappa shape index (κ3) is 2.20. The molecule has 17 heavy (non-hydrogen) atoms. The summed E-state index contributed by atoms with van der Waals surface area (Å²) in [6.07, 6.45) is 6.14. The normalized spacial score (nSPS) is 12.9. The van der Waals surface area contributed by atoms with Crippen LogP contribution in [-0.2, 0) is 13.0 Å². The molecule has 0 atom stereocenters. The molecular weight excluding hydrogens is 214 g/mol. The number of benzene rings is 1. The average molecular weight is 227 g/mol. The fourth-order valence-electron chi connectivity index (χ4n) is 1.91. The zero-order valence-electron chi connectivity index (χ0n) is 9.39. The zero-order chi connectivity index (χ0) is 11.5. The van der Waals surface area contributed by atoms with Gasteiger partial charge in [-0.3, -0.25) is 9.97 Å². The van der Waals surface area contributed by atoms with Crippen molar-refractivity contribution in [1.82, 2.24) is 9.97 Å². The Kier molecular flexibility index (Phi) is 2.62. The van der Waals surface area contributed by atoms with Crippen molar-refractivity contribution in [3.05, 3.63) is 48.0 Å². The second kappa shape index (κ2) is 4.41. The summed E-state index contributed by atoms with van der Waals surface area (Å²) in [6, 6.07) is 6.18. The largest absolute Gasteiger partial charge is 0.493 e. The van der Waals surface area contributed by atoms with E-state index < -0.39 is 0 Å². The first-order valence-electron chi connectivity index (χ1n) is 5.66. The predicted molar refractivity (Wildman–Crippen MR) is 65.0 cm³/mol. The number of hydrogen-bond donors (Lipinski definition) is 1. The molecule has 1 aliphatic rings. The van der Waals surface area contributed by atoms with Crippen LogP contribution in [0.3, 0.4) is 0 Å². The molecule has 86 valence electrons. The van der Waals surface area contributed by atoms with Crippen LogP contribution in [0.15, 0.2) is 36.8 Å². The molecule has 0 bridgehead atoms. The van der Waals surface area contributed by atoms with Gasteiger partial charge in [-0.15, -0.1) is 0 Å². The van der Waals surface area contributed by atoms with Gasteiger partial charge in [0.15, 0.2) is 0 Å². The first-order chi connectivity index (χ1) is 8.42. The Hall–Kier alpha value is -2.10. The van der Waals surface area contributed by atoms with Crippen LogP contribution in [-0.4, -0.2) is 16.6 Å². The Morgan fingerprint density at radius 3 is 3.18 bits per heavy atom. The second-order valence-corrected chi connectivity index (χ2v) is 3.97. The van der Waals surface area contributed by atoms with Crippen molar-refractivity contribution >= 4 is 5.69 Å². The zero-order valence-corrected chi connectivity index (χ0v) is 9.39. The summed E-state index contributed by atoms with van der Waals surface area (Å²) >= 11 is 0. The molecule has 0 saturated heterocycles. The van der Waals surface area contributed by atoms with E-state index in [2.05, 4.69) is 21.4 Å². The maximum Gasteiger partial charge on any atom is 0.122 e. The maximum absolute atomic E-state index is 5.47. The molecule has 0 aliphatic carbocycles. The molecule has 1 aromatic heterocycles. The number of ether oxygens (including phenoxy) is 1. The van der Waals surface area contributed by atoms with Crippen LogP contribution in [0.4, 0.5) is 5.69 Å². The number of rotatable bonds is 3. The summed E-state index contributed by atoms with van der Waals surface area (Å²) in [5, 5.41) is 3.33. The number of fused-ring (bicyclic) bond motifs is 1. The monoisotopic (exact) mass is 227 g/mol. The van der Waals surface area contributed by atoms with Gasteiger partial charge in [-0.05, 0) is 23.8 Å². The van der Waals surface area contributed by atoms with Crippen LogP contribution in [0.5, 0.6) is 5.75 Å². The average Bonchev–Trinajstić information content (AvgIpc) is 2.85. The van der Waals surface area contributed by atoms with Crippen LogP contribution >= 0.6 is 0 Å². The number of hydrogen-bond acceptors (Lipinski definition) is 4. The minimum atomic E-state index is 0.688. The molecule has 1 aliphatic heterocycles. The Bertz CT molecular complexity index is 513. The molecule has 3 rings (SSSR count). The molecule has 1 aromatic carbocycles. The van der Waals surface area contributed by atoms with Gasteiger partial charge in [-0.1, -0.05) is 0 Å². The lowest BCUT2D eigenvalue weighted by Gasteiger charge is -2.07. The van der Waals surface area contributed by atoms with Gasteiger partial charge < -0.3 is 10.1 Å². The molecule has 0 unspecified atom stereocenters. The van der Waals surface area contributed by atoms with Crippen LogP contribution in [0.2, 0.25) is 0 Å². The van der Waals surface area contributed by atoms with Crippen molar-refractivity contribution in [2.24, 2.45) is 0 Å². The Morgan fingerprint density at radius 2 is 2.29 bits per heavy atom. The van der Waals surface area contributed by atoms with Gasteiger partial charge in [0.2, 0.25) is 0 Å². The van der Waals surface area contributed by atoms with Gasteiger partial charge in [-0.2, -0.15) is 0 Å². The lowest BCUT2D eigenvalue weighted by Crippen LogP contribution is -2.01. The van der Waals surface area contributed by atoms with Crippen molar-refractivity contribution < 1.29 is 4.74 Å². The van der Waals surface area contributed by atoms with E-state index in [1.165, 1.54) is 5.56 Å². The van der Waals surface area contributed by atoms with Crippen LogP contribution in [0, 0.1) is 0 Å². The lowest BCUT2D eigenvalue weighted by molar-refractivity contribution is 0.357. The lowest BCUT2D eigenvalue weighted by atomic mass is 10.1. The molecule has 4 nitrogen and oxygen atoms in total. The van der Waals surface area contributed by atoms with E-state index in [1.807, 2.05) is 12.1 Å². The first-order valence-corrected chi connectivity index (χ1v) is 5.66. The van der Waals surface area contributed by atoms with Crippen molar-refractivity contribution in [2.45, 2.75) is 13.0 Å². The van der Waals surface area contributed by atoms with E-state index in [4.69, 9.17) is 4.74 Å². The molecule has 0 saturated carbocycles. The van der Waals surface area contributed by atoms with Crippen molar-refractivity contribution in [3.8, 4) is 5.75 Å². The van der Waals surface area contributed by atoms with Gasteiger partial charge in [-0.25, -0.2) is 0 Å². The number of nitrogens with one attached hydrogen (secondary N) is 1. The van der Waals surface area contributed by atoms with Crippen LogP contribution < -0.4 is 10.1 Å². The molecule has 0 spiro atoms. The Labute approximate surface area is 99.7 Å². The van der Waals surface area contributed by atoms with Crippen molar-refractivity contribution in [1.29, 1.82) is 0 Å². The van der Waals surface area contributed by atoms with E-state index in [0.717, 1.165) is 30.2 Å². The molecule has 0 radical (unpaired) electrons. The van der Waals surface area contributed by atoms with Gasteiger partial charge >= 0.3 is 0 Å². The maximum atomic E-state index is 5.47. The highest BCUT2D eigenvalue weighted by Crippen LogP contribution is 2.27.